The van der Waals surface area contributed by atoms with Crippen LogP contribution in [0.4, 0.5) is 5.69 Å². The number of carbonyl (C=O) groups excluding carboxylic acids is 1. The first kappa shape index (κ1) is 14.3. The molecule has 1 N–H and O–H groups in total. The van der Waals surface area contributed by atoms with Gasteiger partial charge in [0.15, 0.2) is 6.10 Å². The van der Waals surface area contributed by atoms with Gasteiger partial charge in [-0.1, -0.05) is 29.8 Å². The second kappa shape index (κ2) is 5.13. The van der Waals surface area contributed by atoms with Crippen LogP contribution < -0.4 is 9.64 Å². The summed E-state index contributed by atoms with van der Waals surface area (Å²) >= 11 is 3.45. The van der Waals surface area contributed by atoms with Gasteiger partial charge in [0, 0.05) is 11.0 Å². The van der Waals surface area contributed by atoms with E-state index in [2.05, 4.69) is 15.9 Å². The number of carbonyl (C=O) groups is 1. The van der Waals surface area contributed by atoms with E-state index < -0.39 is 6.10 Å². The molecule has 2 atom stereocenters. The number of hydrogen-bond acceptors (Lipinski definition) is 3. The molecular formula is C14H18BrNO3. The van der Waals surface area contributed by atoms with Crippen LogP contribution in [0.1, 0.15) is 13.8 Å². The third-order valence-electron chi connectivity index (χ3n) is 3.56. The number of halogens is 1. The summed E-state index contributed by atoms with van der Waals surface area (Å²) < 4.78 is 5.10. The molecule has 1 aromatic rings. The van der Waals surface area contributed by atoms with Crippen LogP contribution in [0, 0.1) is 5.41 Å². The Morgan fingerprint density at radius 3 is 2.42 bits per heavy atom. The van der Waals surface area contributed by atoms with Crippen molar-refractivity contribution in [3.8, 4) is 5.75 Å². The number of β-lactam (4-membered cyclic amide) rings is 1. The van der Waals surface area contributed by atoms with Gasteiger partial charge < -0.3 is 14.7 Å². The average Bonchev–Trinajstić information content (AvgIpc) is 2.43. The third-order valence-corrected chi connectivity index (χ3v) is 5.01. The van der Waals surface area contributed by atoms with E-state index in [9.17, 15) is 9.90 Å². The largest absolute Gasteiger partial charge is 0.497 e. The SMILES string of the molecule is COc1ccc(N2C(=O)[C@H](O)[C@H]2C(C)(C)CBr)cc1. The van der Waals surface area contributed by atoms with E-state index in [0.29, 0.717) is 5.33 Å². The lowest BCUT2D eigenvalue weighted by Crippen LogP contribution is -2.70. The summed E-state index contributed by atoms with van der Waals surface area (Å²) in [4.78, 5) is 13.6. The fourth-order valence-corrected chi connectivity index (χ4v) is 2.69. The first-order valence-corrected chi connectivity index (χ1v) is 7.25. The van der Waals surface area contributed by atoms with Crippen molar-refractivity contribution in [2.75, 3.05) is 17.3 Å². The summed E-state index contributed by atoms with van der Waals surface area (Å²) in [6, 6.07) is 7.07. The van der Waals surface area contributed by atoms with Gasteiger partial charge in [0.2, 0.25) is 0 Å². The number of benzene rings is 1. The van der Waals surface area contributed by atoms with Gasteiger partial charge in [-0.3, -0.25) is 4.79 Å². The molecule has 4 nitrogen and oxygen atoms in total. The normalized spacial score (nSPS) is 23.2. The zero-order valence-corrected chi connectivity index (χ0v) is 12.8. The fraction of sp³-hybridized carbons (Fsp3) is 0.500. The molecule has 1 heterocycles. The summed E-state index contributed by atoms with van der Waals surface area (Å²) in [5.74, 6) is 0.498. The summed E-state index contributed by atoms with van der Waals surface area (Å²) in [5.41, 5.74) is 0.586. The number of ether oxygens (including phenoxy) is 1. The van der Waals surface area contributed by atoms with Crippen molar-refractivity contribution < 1.29 is 14.6 Å². The van der Waals surface area contributed by atoms with Crippen LogP contribution in [-0.4, -0.2) is 35.6 Å². The maximum absolute atomic E-state index is 11.9. The Morgan fingerprint density at radius 1 is 1.37 bits per heavy atom. The van der Waals surface area contributed by atoms with Crippen molar-refractivity contribution >= 4 is 27.5 Å². The first-order valence-electron chi connectivity index (χ1n) is 6.13. The summed E-state index contributed by atoms with van der Waals surface area (Å²) in [7, 11) is 1.60. The molecule has 0 bridgehead atoms. The minimum atomic E-state index is -0.922. The number of methoxy groups -OCH3 is 1. The van der Waals surface area contributed by atoms with Crippen LogP contribution in [0.5, 0.6) is 5.75 Å². The second-order valence-corrected chi connectivity index (χ2v) is 5.98. The van der Waals surface area contributed by atoms with Crippen LogP contribution in [0.2, 0.25) is 0 Å². The number of rotatable bonds is 4. The van der Waals surface area contributed by atoms with E-state index in [1.807, 2.05) is 38.1 Å². The number of hydrogen-bond donors (Lipinski definition) is 1. The van der Waals surface area contributed by atoms with Crippen LogP contribution >= 0.6 is 15.9 Å². The van der Waals surface area contributed by atoms with E-state index in [4.69, 9.17) is 4.74 Å². The molecule has 0 spiro atoms. The van der Waals surface area contributed by atoms with E-state index in [1.54, 1.807) is 12.0 Å². The molecule has 1 amide bonds. The third kappa shape index (κ3) is 2.37. The average molecular weight is 328 g/mol. The van der Waals surface area contributed by atoms with Crippen LogP contribution in [0.15, 0.2) is 24.3 Å². The lowest BCUT2D eigenvalue weighted by atomic mass is 9.76. The molecule has 19 heavy (non-hydrogen) atoms. The smallest absolute Gasteiger partial charge is 0.258 e. The van der Waals surface area contributed by atoms with E-state index in [1.165, 1.54) is 0 Å². The summed E-state index contributed by atoms with van der Waals surface area (Å²) in [6.07, 6.45) is -0.922. The molecule has 1 saturated heterocycles. The van der Waals surface area contributed by atoms with Crippen molar-refractivity contribution in [1.29, 1.82) is 0 Å². The van der Waals surface area contributed by atoms with Gasteiger partial charge in [-0.25, -0.2) is 0 Å². The second-order valence-electron chi connectivity index (χ2n) is 5.42. The van der Waals surface area contributed by atoms with Crippen molar-refractivity contribution in [3.05, 3.63) is 24.3 Å². The Bertz CT molecular complexity index is 472. The minimum Gasteiger partial charge on any atom is -0.497 e. The molecule has 1 aromatic carbocycles. The predicted octanol–water partition coefficient (Wildman–Crippen LogP) is 2.19. The Kier molecular flexibility index (Phi) is 3.87. The zero-order chi connectivity index (χ0) is 14.2. The number of amides is 1. The van der Waals surface area contributed by atoms with Gasteiger partial charge in [0.1, 0.15) is 5.75 Å². The number of anilines is 1. The molecule has 0 unspecified atom stereocenters. The lowest BCUT2D eigenvalue weighted by molar-refractivity contribution is -0.140. The van der Waals surface area contributed by atoms with E-state index >= 15 is 0 Å². The molecule has 1 aliphatic heterocycles. The highest BCUT2D eigenvalue weighted by Gasteiger charge is 2.53. The molecule has 0 radical (unpaired) electrons. The standard InChI is InChI=1S/C14H18BrNO3/c1-14(2,8-15)12-11(17)13(18)16(12)9-4-6-10(19-3)7-5-9/h4-7,11-12,17H,8H2,1-3H3/t11-,12+/m1/s1. The van der Waals surface area contributed by atoms with Gasteiger partial charge in [-0.15, -0.1) is 0 Å². The maximum atomic E-state index is 11.9. The number of nitrogens with zero attached hydrogens (tertiary/aromatic N) is 1. The van der Waals surface area contributed by atoms with Gasteiger partial charge in [-0.2, -0.15) is 0 Å². The molecule has 0 aromatic heterocycles. The lowest BCUT2D eigenvalue weighted by Gasteiger charge is -2.51. The van der Waals surface area contributed by atoms with Crippen molar-refractivity contribution in [1.82, 2.24) is 0 Å². The number of aliphatic hydroxyl groups excluding tert-OH is 1. The fourth-order valence-electron chi connectivity index (χ4n) is 2.36. The first-order chi connectivity index (χ1) is 8.92. The minimum absolute atomic E-state index is 0.201. The molecule has 1 fully saturated rings. The molecular weight excluding hydrogens is 310 g/mol. The summed E-state index contributed by atoms with van der Waals surface area (Å²) in [6.45, 7) is 4.05. The van der Waals surface area contributed by atoms with E-state index in [0.717, 1.165) is 11.4 Å². The van der Waals surface area contributed by atoms with E-state index in [-0.39, 0.29) is 17.4 Å². The summed E-state index contributed by atoms with van der Waals surface area (Å²) in [5, 5.41) is 10.6. The Morgan fingerprint density at radius 2 is 1.95 bits per heavy atom. The quantitative estimate of drug-likeness (QED) is 0.681. The molecule has 0 saturated carbocycles. The van der Waals surface area contributed by atoms with Crippen molar-refractivity contribution in [3.63, 3.8) is 0 Å². The molecule has 1 aliphatic rings. The Labute approximate surface area is 121 Å². The topological polar surface area (TPSA) is 49.8 Å². The number of aliphatic hydroxyl groups is 1. The van der Waals surface area contributed by atoms with Crippen molar-refractivity contribution in [2.45, 2.75) is 26.0 Å². The molecule has 2 rings (SSSR count). The highest BCUT2D eigenvalue weighted by Crippen LogP contribution is 2.40. The predicted molar refractivity (Wildman–Crippen MR) is 77.8 cm³/mol. The molecule has 0 aliphatic carbocycles. The van der Waals surface area contributed by atoms with Gasteiger partial charge in [0.05, 0.1) is 13.2 Å². The highest BCUT2D eigenvalue weighted by atomic mass is 79.9. The van der Waals surface area contributed by atoms with Crippen LogP contribution in [0.3, 0.4) is 0 Å². The van der Waals surface area contributed by atoms with Gasteiger partial charge in [-0.05, 0) is 29.7 Å². The zero-order valence-electron chi connectivity index (χ0n) is 11.3. The van der Waals surface area contributed by atoms with Gasteiger partial charge >= 0.3 is 0 Å². The highest BCUT2D eigenvalue weighted by molar-refractivity contribution is 9.09. The van der Waals surface area contributed by atoms with Crippen LogP contribution in [-0.2, 0) is 4.79 Å². The molecule has 5 heteroatoms. The maximum Gasteiger partial charge on any atom is 0.258 e. The molecule has 104 valence electrons. The van der Waals surface area contributed by atoms with Gasteiger partial charge in [0.25, 0.3) is 5.91 Å². The number of alkyl halides is 1. The van der Waals surface area contributed by atoms with Crippen molar-refractivity contribution in [2.24, 2.45) is 5.41 Å². The monoisotopic (exact) mass is 327 g/mol. The Hall–Kier alpha value is -1.07. The van der Waals surface area contributed by atoms with Crippen LogP contribution in [0.25, 0.3) is 0 Å². The Balaban J connectivity index is 2.29.